The highest BCUT2D eigenvalue weighted by atomic mass is 16.3. The highest BCUT2D eigenvalue weighted by Crippen LogP contribution is 2.66. The summed E-state index contributed by atoms with van der Waals surface area (Å²) in [4.78, 5) is 13.5. The first-order chi connectivity index (χ1) is 15.9. The largest absolute Gasteiger partial charge is 0.393 e. The second-order valence-electron chi connectivity index (χ2n) is 12.8. The molecule has 0 heterocycles. The molecule has 4 aliphatic rings. The summed E-state index contributed by atoms with van der Waals surface area (Å²) < 4.78 is 0. The Morgan fingerprint density at radius 2 is 1.85 bits per heavy atom. The van der Waals surface area contributed by atoms with E-state index in [2.05, 4.69) is 34.6 Å². The quantitative estimate of drug-likeness (QED) is 0.436. The molecule has 0 saturated heterocycles. The first kappa shape index (κ1) is 26.1. The van der Waals surface area contributed by atoms with Crippen LogP contribution in [-0.4, -0.2) is 51.1 Å². The van der Waals surface area contributed by atoms with Gasteiger partial charge in [-0.05, 0) is 79.6 Å². The lowest BCUT2D eigenvalue weighted by atomic mass is 9.45. The van der Waals surface area contributed by atoms with Crippen molar-refractivity contribution in [1.29, 1.82) is 0 Å². The van der Waals surface area contributed by atoms with Crippen molar-refractivity contribution in [2.75, 3.05) is 6.61 Å². The molecule has 10 atom stereocenters. The Kier molecular flexibility index (Phi) is 7.25. The number of rotatable bonds is 6. The number of fused-ring (bicyclic) bond motifs is 5. The van der Waals surface area contributed by atoms with E-state index >= 15 is 0 Å². The minimum Gasteiger partial charge on any atom is -0.393 e. The minimum atomic E-state index is -0.584. The molecule has 0 bridgehead atoms. The Hall–Kier alpha value is -1.01. The molecular weight excluding hydrogens is 428 g/mol. The van der Waals surface area contributed by atoms with E-state index in [9.17, 15) is 25.2 Å². The third kappa shape index (κ3) is 4.15. The number of hydrogen-bond acceptors (Lipinski definition) is 5. The van der Waals surface area contributed by atoms with Gasteiger partial charge in [-0.3, -0.25) is 4.79 Å². The number of aliphatic hydroxyl groups excluding tert-OH is 4. The highest BCUT2D eigenvalue weighted by Gasteiger charge is 2.66. The number of carbonyl (C=O) groups excluding carboxylic acids is 1. The van der Waals surface area contributed by atoms with E-state index in [1.54, 1.807) is 6.08 Å². The lowest BCUT2D eigenvalue weighted by Gasteiger charge is -2.59. The second kappa shape index (κ2) is 9.46. The van der Waals surface area contributed by atoms with Crippen LogP contribution in [0.15, 0.2) is 23.3 Å². The Morgan fingerprint density at radius 3 is 2.50 bits per heavy atom. The smallest absolute Gasteiger partial charge is 0.159 e. The summed E-state index contributed by atoms with van der Waals surface area (Å²) in [6.07, 6.45) is 7.34. The number of aliphatic hydroxyl groups is 4. The number of allylic oxidation sites excluding steroid dienone is 2. The molecule has 0 aromatic heterocycles. The Morgan fingerprint density at radius 1 is 1.15 bits per heavy atom. The van der Waals surface area contributed by atoms with Crippen molar-refractivity contribution < 1.29 is 25.2 Å². The fraction of sp³-hybridized carbons (Fsp3) is 0.828. The standard InChI is InChI=1S/C29H46O5/c1-16(2)18(9-11-30)7-6-17(3)21-14-23(33)26-25-22(32)13-19-12-20(31)8-10-28(19,4)27(25)24(34)15-29(21,26)5/h9,13,16-17,20-21,23-27,30-31,33-34H,6-8,10-12,14-15H2,1-5H3. The zero-order valence-electron chi connectivity index (χ0n) is 21.7. The molecule has 0 radical (unpaired) electrons. The molecule has 3 fully saturated rings. The van der Waals surface area contributed by atoms with Gasteiger partial charge in [-0.25, -0.2) is 0 Å². The van der Waals surface area contributed by atoms with Crippen LogP contribution in [0, 0.1) is 46.3 Å². The molecule has 0 amide bonds. The molecule has 0 aliphatic heterocycles. The third-order valence-electron chi connectivity index (χ3n) is 10.6. The summed E-state index contributed by atoms with van der Waals surface area (Å²) in [6.45, 7) is 11.0. The van der Waals surface area contributed by atoms with E-state index in [0.29, 0.717) is 37.5 Å². The minimum absolute atomic E-state index is 0.0434. The van der Waals surface area contributed by atoms with Crippen molar-refractivity contribution in [3.63, 3.8) is 0 Å². The maximum absolute atomic E-state index is 13.5. The fourth-order valence-electron chi connectivity index (χ4n) is 8.82. The van der Waals surface area contributed by atoms with Crippen molar-refractivity contribution in [3.05, 3.63) is 23.3 Å². The fourth-order valence-corrected chi connectivity index (χ4v) is 8.82. The van der Waals surface area contributed by atoms with E-state index < -0.39 is 18.3 Å². The van der Waals surface area contributed by atoms with Crippen molar-refractivity contribution in [2.45, 2.75) is 97.9 Å². The van der Waals surface area contributed by atoms with E-state index in [1.807, 2.05) is 6.08 Å². The van der Waals surface area contributed by atoms with Gasteiger partial charge in [0.1, 0.15) is 0 Å². The van der Waals surface area contributed by atoms with Gasteiger partial charge in [0.2, 0.25) is 0 Å². The van der Waals surface area contributed by atoms with Gasteiger partial charge in [-0.15, -0.1) is 0 Å². The van der Waals surface area contributed by atoms with E-state index in [-0.39, 0.29) is 46.9 Å². The molecule has 5 nitrogen and oxygen atoms in total. The first-order valence-corrected chi connectivity index (χ1v) is 13.5. The predicted molar refractivity (Wildman–Crippen MR) is 133 cm³/mol. The van der Waals surface area contributed by atoms with E-state index in [0.717, 1.165) is 24.8 Å². The predicted octanol–water partition coefficient (Wildman–Crippen LogP) is 4.04. The Balaban J connectivity index is 1.61. The van der Waals surface area contributed by atoms with Crippen molar-refractivity contribution in [1.82, 2.24) is 0 Å². The van der Waals surface area contributed by atoms with Crippen LogP contribution < -0.4 is 0 Å². The average Bonchev–Trinajstić information content (AvgIpc) is 3.01. The monoisotopic (exact) mass is 474 g/mol. The van der Waals surface area contributed by atoms with Crippen LogP contribution >= 0.6 is 0 Å². The Bertz CT molecular complexity index is 845. The van der Waals surface area contributed by atoms with E-state index in [4.69, 9.17) is 0 Å². The van der Waals surface area contributed by atoms with Crippen LogP contribution in [0.4, 0.5) is 0 Å². The number of ketones is 1. The molecule has 34 heavy (non-hydrogen) atoms. The maximum atomic E-state index is 13.5. The molecule has 4 rings (SSSR count). The van der Waals surface area contributed by atoms with Gasteiger partial charge in [0, 0.05) is 17.8 Å². The zero-order valence-corrected chi connectivity index (χ0v) is 21.7. The summed E-state index contributed by atoms with van der Waals surface area (Å²) in [5, 5.41) is 42.6. The summed E-state index contributed by atoms with van der Waals surface area (Å²) in [5.74, 6) is 0.343. The molecule has 4 aliphatic carbocycles. The SMILES string of the molecule is CC(C)C(=CCO)CCC(C)C1CC(O)C2C3C(=O)C=C4CC(O)CCC4(C)C3C(O)CC12C. The number of hydrogen-bond donors (Lipinski definition) is 4. The molecule has 0 aromatic carbocycles. The summed E-state index contributed by atoms with van der Waals surface area (Å²) >= 11 is 0. The van der Waals surface area contributed by atoms with Crippen LogP contribution in [0.2, 0.25) is 0 Å². The average molecular weight is 475 g/mol. The normalized spacial score (nSPS) is 45.5. The maximum Gasteiger partial charge on any atom is 0.159 e. The first-order valence-electron chi connectivity index (χ1n) is 13.5. The molecule has 192 valence electrons. The van der Waals surface area contributed by atoms with Crippen LogP contribution in [-0.2, 0) is 4.79 Å². The Labute approximate surface area is 205 Å². The third-order valence-corrected chi connectivity index (χ3v) is 10.6. The van der Waals surface area contributed by atoms with Crippen LogP contribution in [0.3, 0.4) is 0 Å². The molecule has 5 heteroatoms. The van der Waals surface area contributed by atoms with Gasteiger partial charge in [0.05, 0.1) is 24.9 Å². The second-order valence-corrected chi connectivity index (χ2v) is 12.8. The van der Waals surface area contributed by atoms with Crippen LogP contribution in [0.5, 0.6) is 0 Å². The molecule has 0 spiro atoms. The highest BCUT2D eigenvalue weighted by molar-refractivity contribution is 5.94. The van der Waals surface area contributed by atoms with Gasteiger partial charge in [-0.2, -0.15) is 0 Å². The molecule has 10 unspecified atom stereocenters. The lowest BCUT2D eigenvalue weighted by molar-refractivity contribution is -0.161. The summed E-state index contributed by atoms with van der Waals surface area (Å²) in [7, 11) is 0. The molecular formula is C29H46O5. The molecule has 3 saturated carbocycles. The van der Waals surface area contributed by atoms with E-state index in [1.165, 1.54) is 5.57 Å². The number of carbonyl (C=O) groups is 1. The summed E-state index contributed by atoms with van der Waals surface area (Å²) in [6, 6.07) is 0. The van der Waals surface area contributed by atoms with Gasteiger partial charge >= 0.3 is 0 Å². The molecule has 0 aromatic rings. The summed E-state index contributed by atoms with van der Waals surface area (Å²) in [5.41, 5.74) is 1.69. The van der Waals surface area contributed by atoms with Gasteiger partial charge in [0.15, 0.2) is 5.78 Å². The topological polar surface area (TPSA) is 98.0 Å². The van der Waals surface area contributed by atoms with Crippen molar-refractivity contribution in [2.24, 2.45) is 46.3 Å². The van der Waals surface area contributed by atoms with Crippen molar-refractivity contribution >= 4 is 5.78 Å². The molecule has 4 N–H and O–H groups in total. The van der Waals surface area contributed by atoms with Crippen LogP contribution in [0.1, 0.15) is 79.6 Å². The van der Waals surface area contributed by atoms with Gasteiger partial charge < -0.3 is 20.4 Å². The van der Waals surface area contributed by atoms with Gasteiger partial charge in [0.25, 0.3) is 0 Å². The zero-order chi connectivity index (χ0) is 25.0. The van der Waals surface area contributed by atoms with Crippen molar-refractivity contribution in [3.8, 4) is 0 Å². The van der Waals surface area contributed by atoms with Crippen LogP contribution in [0.25, 0.3) is 0 Å². The van der Waals surface area contributed by atoms with Gasteiger partial charge in [-0.1, -0.05) is 51.8 Å². The lowest BCUT2D eigenvalue weighted by Crippen LogP contribution is -2.60.